The van der Waals surface area contributed by atoms with Gasteiger partial charge in [0.05, 0.1) is 6.61 Å². The van der Waals surface area contributed by atoms with Crippen LogP contribution in [0.1, 0.15) is 39.0 Å². The number of piperazine rings is 1. The predicted molar refractivity (Wildman–Crippen MR) is 92.5 cm³/mol. The molecule has 2 amide bonds. The summed E-state index contributed by atoms with van der Waals surface area (Å²) in [6.45, 7) is 8.68. The van der Waals surface area contributed by atoms with Gasteiger partial charge in [0, 0.05) is 44.2 Å². The molecule has 0 spiro atoms. The Kier molecular flexibility index (Phi) is 7.11. The second-order valence-electron chi connectivity index (χ2n) is 7.51. The molecule has 2 aliphatic rings. The van der Waals surface area contributed by atoms with Crippen LogP contribution in [0.15, 0.2) is 0 Å². The van der Waals surface area contributed by atoms with Gasteiger partial charge >= 0.3 is 6.03 Å². The SMILES string of the molecule is CN1CCN(CCCCNC(=O)NC2CCCC2(C)CO)CC1. The molecular weight excluding hydrogens is 292 g/mol. The van der Waals surface area contributed by atoms with Crippen LogP contribution in [0.4, 0.5) is 4.79 Å². The molecule has 6 nitrogen and oxygen atoms in total. The number of hydrogen-bond donors (Lipinski definition) is 3. The smallest absolute Gasteiger partial charge is 0.315 e. The molecular formula is C17H34N4O2. The van der Waals surface area contributed by atoms with E-state index in [-0.39, 0.29) is 24.1 Å². The molecule has 1 saturated carbocycles. The summed E-state index contributed by atoms with van der Waals surface area (Å²) in [6.07, 6.45) is 5.17. The van der Waals surface area contributed by atoms with Crippen molar-refractivity contribution in [2.45, 2.75) is 45.1 Å². The van der Waals surface area contributed by atoms with Crippen LogP contribution in [-0.4, -0.2) is 79.9 Å². The maximum Gasteiger partial charge on any atom is 0.315 e. The zero-order valence-electron chi connectivity index (χ0n) is 14.8. The van der Waals surface area contributed by atoms with Gasteiger partial charge in [-0.25, -0.2) is 4.79 Å². The van der Waals surface area contributed by atoms with Crippen molar-refractivity contribution in [1.29, 1.82) is 0 Å². The summed E-state index contributed by atoms with van der Waals surface area (Å²) >= 11 is 0. The summed E-state index contributed by atoms with van der Waals surface area (Å²) in [4.78, 5) is 16.9. The monoisotopic (exact) mass is 326 g/mol. The fourth-order valence-corrected chi connectivity index (χ4v) is 3.61. The number of aliphatic hydroxyl groups excluding tert-OH is 1. The number of unbranched alkanes of at least 4 members (excludes halogenated alkanes) is 1. The van der Waals surface area contributed by atoms with E-state index >= 15 is 0 Å². The lowest BCUT2D eigenvalue weighted by molar-refractivity contribution is 0.121. The fraction of sp³-hybridized carbons (Fsp3) is 0.941. The highest BCUT2D eigenvalue weighted by Gasteiger charge is 2.38. The van der Waals surface area contributed by atoms with E-state index in [1.165, 1.54) is 0 Å². The first-order chi connectivity index (χ1) is 11.0. The Hall–Kier alpha value is -0.850. The minimum Gasteiger partial charge on any atom is -0.396 e. The normalized spacial score (nSPS) is 29.6. The number of carbonyl (C=O) groups is 1. The third-order valence-electron chi connectivity index (χ3n) is 5.53. The Bertz CT molecular complexity index is 372. The number of nitrogens with zero attached hydrogens (tertiary/aromatic N) is 2. The number of nitrogens with one attached hydrogen (secondary N) is 2. The van der Waals surface area contributed by atoms with Gasteiger partial charge in [0.2, 0.25) is 0 Å². The van der Waals surface area contributed by atoms with Crippen molar-refractivity contribution in [3.05, 3.63) is 0 Å². The van der Waals surface area contributed by atoms with Crippen LogP contribution >= 0.6 is 0 Å². The highest BCUT2D eigenvalue weighted by Crippen LogP contribution is 2.37. The third-order valence-corrected chi connectivity index (χ3v) is 5.53. The molecule has 23 heavy (non-hydrogen) atoms. The topological polar surface area (TPSA) is 67.8 Å². The highest BCUT2D eigenvalue weighted by atomic mass is 16.3. The zero-order chi connectivity index (χ0) is 16.7. The molecule has 134 valence electrons. The highest BCUT2D eigenvalue weighted by molar-refractivity contribution is 5.74. The number of carbonyl (C=O) groups excluding carboxylic acids is 1. The van der Waals surface area contributed by atoms with Gasteiger partial charge in [-0.15, -0.1) is 0 Å². The molecule has 1 aliphatic heterocycles. The first kappa shape index (κ1) is 18.5. The van der Waals surface area contributed by atoms with E-state index in [0.29, 0.717) is 0 Å². The van der Waals surface area contributed by atoms with E-state index in [4.69, 9.17) is 0 Å². The van der Waals surface area contributed by atoms with Gasteiger partial charge in [0.15, 0.2) is 0 Å². The van der Waals surface area contributed by atoms with Gasteiger partial charge in [-0.05, 0) is 39.3 Å². The fourth-order valence-electron chi connectivity index (χ4n) is 3.61. The van der Waals surface area contributed by atoms with E-state index in [2.05, 4.69) is 34.4 Å². The lowest BCUT2D eigenvalue weighted by Gasteiger charge is -2.32. The molecule has 0 aromatic rings. The summed E-state index contributed by atoms with van der Waals surface area (Å²) in [5.41, 5.74) is -0.154. The Balaban J connectivity index is 1.53. The Morgan fingerprint density at radius 1 is 1.26 bits per heavy atom. The van der Waals surface area contributed by atoms with Gasteiger partial charge < -0.3 is 25.5 Å². The molecule has 3 N–H and O–H groups in total. The lowest BCUT2D eigenvalue weighted by Crippen LogP contribution is -2.48. The molecule has 0 bridgehead atoms. The Morgan fingerprint density at radius 3 is 2.70 bits per heavy atom. The Morgan fingerprint density at radius 2 is 2.00 bits per heavy atom. The van der Waals surface area contributed by atoms with Gasteiger partial charge in [0.25, 0.3) is 0 Å². The first-order valence-electron chi connectivity index (χ1n) is 9.09. The Labute approximate surface area is 140 Å². The quantitative estimate of drug-likeness (QED) is 0.607. The molecule has 2 fully saturated rings. The van der Waals surface area contributed by atoms with Crippen molar-refractivity contribution in [2.24, 2.45) is 5.41 Å². The van der Waals surface area contributed by atoms with Crippen molar-refractivity contribution >= 4 is 6.03 Å². The number of aliphatic hydroxyl groups is 1. The van der Waals surface area contributed by atoms with Crippen molar-refractivity contribution in [3.63, 3.8) is 0 Å². The molecule has 2 rings (SSSR count). The van der Waals surface area contributed by atoms with E-state index < -0.39 is 0 Å². The van der Waals surface area contributed by atoms with Crippen molar-refractivity contribution in [3.8, 4) is 0 Å². The van der Waals surface area contributed by atoms with Gasteiger partial charge in [-0.1, -0.05) is 13.3 Å². The minimum atomic E-state index is -0.154. The lowest BCUT2D eigenvalue weighted by atomic mass is 9.86. The van der Waals surface area contributed by atoms with E-state index in [1.807, 2.05) is 0 Å². The summed E-state index contributed by atoms with van der Waals surface area (Å²) < 4.78 is 0. The van der Waals surface area contributed by atoms with Gasteiger partial charge in [-0.3, -0.25) is 0 Å². The molecule has 0 radical (unpaired) electrons. The maximum absolute atomic E-state index is 12.0. The third kappa shape index (κ3) is 5.62. The standard InChI is InChI=1S/C17H34N4O2/c1-17(14-22)7-5-6-15(17)19-16(23)18-8-3-4-9-21-12-10-20(2)11-13-21/h15,22H,3-14H2,1-2H3,(H2,18,19,23). The molecule has 1 heterocycles. The number of urea groups is 1. The van der Waals surface area contributed by atoms with Gasteiger partial charge in [-0.2, -0.15) is 0 Å². The van der Waals surface area contributed by atoms with Crippen LogP contribution in [0.5, 0.6) is 0 Å². The van der Waals surface area contributed by atoms with Crippen LogP contribution in [0.3, 0.4) is 0 Å². The van der Waals surface area contributed by atoms with E-state index in [9.17, 15) is 9.90 Å². The molecule has 1 saturated heterocycles. The summed E-state index contributed by atoms with van der Waals surface area (Å²) in [6, 6.07) is 0.00834. The number of rotatable bonds is 7. The molecule has 6 heteroatoms. The van der Waals surface area contributed by atoms with Crippen molar-refractivity contribution in [1.82, 2.24) is 20.4 Å². The number of hydrogen-bond acceptors (Lipinski definition) is 4. The van der Waals surface area contributed by atoms with Crippen LogP contribution in [0, 0.1) is 5.41 Å². The van der Waals surface area contributed by atoms with E-state index in [0.717, 1.165) is 71.4 Å². The number of likely N-dealkylation sites (N-methyl/N-ethyl adjacent to an activating group) is 1. The average Bonchev–Trinajstić information content (AvgIpc) is 2.90. The second kappa shape index (κ2) is 8.85. The van der Waals surface area contributed by atoms with Crippen molar-refractivity contribution < 1.29 is 9.90 Å². The maximum atomic E-state index is 12.0. The van der Waals surface area contributed by atoms with E-state index in [1.54, 1.807) is 0 Å². The second-order valence-corrected chi connectivity index (χ2v) is 7.51. The average molecular weight is 326 g/mol. The molecule has 2 atom stereocenters. The largest absolute Gasteiger partial charge is 0.396 e. The molecule has 0 aromatic heterocycles. The van der Waals surface area contributed by atoms with Crippen LogP contribution in [0.25, 0.3) is 0 Å². The van der Waals surface area contributed by atoms with Gasteiger partial charge in [0.1, 0.15) is 0 Å². The zero-order valence-corrected chi connectivity index (χ0v) is 14.8. The molecule has 0 aromatic carbocycles. The number of amides is 2. The minimum absolute atomic E-state index is 0.0869. The van der Waals surface area contributed by atoms with Crippen LogP contribution in [0.2, 0.25) is 0 Å². The van der Waals surface area contributed by atoms with Crippen LogP contribution < -0.4 is 10.6 Å². The van der Waals surface area contributed by atoms with Crippen molar-refractivity contribution in [2.75, 3.05) is 52.9 Å². The van der Waals surface area contributed by atoms with Crippen LogP contribution in [-0.2, 0) is 0 Å². The summed E-state index contributed by atoms with van der Waals surface area (Å²) in [5.74, 6) is 0. The summed E-state index contributed by atoms with van der Waals surface area (Å²) in [5, 5.41) is 15.5. The molecule has 1 aliphatic carbocycles. The summed E-state index contributed by atoms with van der Waals surface area (Å²) in [7, 11) is 2.17. The first-order valence-corrected chi connectivity index (χ1v) is 9.09. The predicted octanol–water partition coefficient (Wildman–Crippen LogP) is 0.864. The molecule has 2 unspecified atom stereocenters.